The lowest BCUT2D eigenvalue weighted by Gasteiger charge is -2.23. The van der Waals surface area contributed by atoms with Crippen molar-refractivity contribution < 1.29 is 39.6 Å². The van der Waals surface area contributed by atoms with Crippen molar-refractivity contribution in [3.8, 4) is 5.75 Å². The van der Waals surface area contributed by atoms with Crippen LogP contribution in [0.15, 0.2) is 24.3 Å². The number of carbonyl (C=O) groups is 4. The molecule has 0 aromatic heterocycles. The van der Waals surface area contributed by atoms with E-state index in [1.165, 1.54) is 12.1 Å². The molecule has 1 rings (SSSR count). The Morgan fingerprint density at radius 3 is 2.07 bits per heavy atom. The standard InChI is InChI=1S/C17H23N3O8/c1-8(21)14(17(27)28)20-16(26)12(7-13(23)24)19-15(25)11(18)6-9-2-4-10(22)5-3-9/h2-5,8,11-12,14,21-22H,6-7,18H2,1H3,(H,19,25)(H,20,26)(H,23,24)(H,27,28). The Morgan fingerprint density at radius 2 is 1.61 bits per heavy atom. The van der Waals surface area contributed by atoms with E-state index in [1.54, 1.807) is 12.1 Å². The fourth-order valence-corrected chi connectivity index (χ4v) is 2.28. The van der Waals surface area contributed by atoms with Crippen LogP contribution in [-0.2, 0) is 25.6 Å². The third kappa shape index (κ3) is 7.21. The van der Waals surface area contributed by atoms with Crippen LogP contribution < -0.4 is 16.4 Å². The Kier molecular flexibility index (Phi) is 8.35. The minimum atomic E-state index is -1.67. The van der Waals surface area contributed by atoms with Crippen molar-refractivity contribution >= 4 is 23.8 Å². The van der Waals surface area contributed by atoms with Gasteiger partial charge in [0.25, 0.3) is 0 Å². The van der Waals surface area contributed by atoms with Crippen LogP contribution in [0, 0.1) is 0 Å². The molecule has 0 heterocycles. The summed E-state index contributed by atoms with van der Waals surface area (Å²) in [5.41, 5.74) is 6.40. The lowest BCUT2D eigenvalue weighted by atomic mass is 10.0. The van der Waals surface area contributed by atoms with Gasteiger partial charge in [0, 0.05) is 0 Å². The fraction of sp³-hybridized carbons (Fsp3) is 0.412. The third-order valence-corrected chi connectivity index (χ3v) is 3.79. The number of nitrogens with two attached hydrogens (primary N) is 1. The zero-order valence-corrected chi connectivity index (χ0v) is 15.0. The van der Waals surface area contributed by atoms with Gasteiger partial charge >= 0.3 is 11.9 Å². The molecule has 0 bridgehead atoms. The lowest BCUT2D eigenvalue weighted by molar-refractivity contribution is -0.145. The maximum atomic E-state index is 12.2. The molecule has 4 unspecified atom stereocenters. The molecule has 0 saturated heterocycles. The summed E-state index contributed by atoms with van der Waals surface area (Å²) in [6.07, 6.45) is -2.20. The molecule has 8 N–H and O–H groups in total. The predicted octanol–water partition coefficient (Wildman–Crippen LogP) is -1.83. The molecule has 1 aromatic carbocycles. The Balaban J connectivity index is 2.81. The molecule has 0 radical (unpaired) electrons. The highest BCUT2D eigenvalue weighted by Crippen LogP contribution is 2.11. The van der Waals surface area contributed by atoms with Crippen molar-refractivity contribution in [3.63, 3.8) is 0 Å². The van der Waals surface area contributed by atoms with Gasteiger partial charge in [-0.15, -0.1) is 0 Å². The van der Waals surface area contributed by atoms with Crippen LogP contribution in [0.4, 0.5) is 0 Å². The number of carbonyl (C=O) groups excluding carboxylic acids is 2. The van der Waals surface area contributed by atoms with E-state index in [1.807, 2.05) is 5.32 Å². The molecule has 0 aliphatic rings. The van der Waals surface area contributed by atoms with Gasteiger partial charge in [-0.1, -0.05) is 12.1 Å². The van der Waals surface area contributed by atoms with E-state index < -0.39 is 54.4 Å². The highest BCUT2D eigenvalue weighted by Gasteiger charge is 2.31. The number of aliphatic hydroxyl groups excluding tert-OH is 1. The fourth-order valence-electron chi connectivity index (χ4n) is 2.28. The molecule has 28 heavy (non-hydrogen) atoms. The summed E-state index contributed by atoms with van der Waals surface area (Å²) in [5, 5.41) is 40.8. The molecule has 0 spiro atoms. The van der Waals surface area contributed by atoms with Crippen molar-refractivity contribution in [2.75, 3.05) is 0 Å². The van der Waals surface area contributed by atoms with Gasteiger partial charge in [0.2, 0.25) is 11.8 Å². The lowest BCUT2D eigenvalue weighted by Crippen LogP contribution is -2.57. The number of hydrogen-bond donors (Lipinski definition) is 7. The average molecular weight is 397 g/mol. The number of nitrogens with one attached hydrogen (secondary N) is 2. The number of amides is 2. The van der Waals surface area contributed by atoms with E-state index in [0.29, 0.717) is 5.56 Å². The van der Waals surface area contributed by atoms with Crippen molar-refractivity contribution in [3.05, 3.63) is 29.8 Å². The van der Waals surface area contributed by atoms with Gasteiger partial charge < -0.3 is 36.8 Å². The molecule has 0 aliphatic heterocycles. The average Bonchev–Trinajstić information content (AvgIpc) is 2.59. The summed E-state index contributed by atoms with van der Waals surface area (Å²) in [6, 6.07) is 1.52. The van der Waals surface area contributed by atoms with Gasteiger partial charge in [0.15, 0.2) is 6.04 Å². The van der Waals surface area contributed by atoms with Gasteiger partial charge in [-0.2, -0.15) is 0 Å². The Morgan fingerprint density at radius 1 is 1.04 bits per heavy atom. The number of carboxylic acids is 2. The van der Waals surface area contributed by atoms with Crippen LogP contribution in [0.1, 0.15) is 18.9 Å². The maximum Gasteiger partial charge on any atom is 0.328 e. The number of aromatic hydroxyl groups is 1. The zero-order chi connectivity index (χ0) is 21.4. The minimum Gasteiger partial charge on any atom is -0.508 e. The highest BCUT2D eigenvalue weighted by molar-refractivity contribution is 5.94. The van der Waals surface area contributed by atoms with E-state index in [9.17, 15) is 29.4 Å². The zero-order valence-electron chi connectivity index (χ0n) is 15.0. The van der Waals surface area contributed by atoms with E-state index >= 15 is 0 Å². The normalized spacial score (nSPS) is 15.0. The Hall–Kier alpha value is -3.18. The molecule has 11 nitrogen and oxygen atoms in total. The molecule has 2 amide bonds. The van der Waals surface area contributed by atoms with E-state index in [0.717, 1.165) is 6.92 Å². The largest absolute Gasteiger partial charge is 0.508 e. The predicted molar refractivity (Wildman–Crippen MR) is 95.2 cm³/mol. The van der Waals surface area contributed by atoms with Crippen LogP contribution in [-0.4, -0.2) is 68.4 Å². The number of aliphatic hydroxyl groups is 1. The molecule has 1 aromatic rings. The van der Waals surface area contributed by atoms with Crippen molar-refractivity contribution in [1.29, 1.82) is 0 Å². The second-order valence-corrected chi connectivity index (χ2v) is 6.20. The summed E-state index contributed by atoms with van der Waals surface area (Å²) in [6.45, 7) is 1.14. The number of phenols is 1. The first-order chi connectivity index (χ1) is 13.0. The minimum absolute atomic E-state index is 0.0334. The first-order valence-electron chi connectivity index (χ1n) is 8.28. The third-order valence-electron chi connectivity index (χ3n) is 3.79. The highest BCUT2D eigenvalue weighted by atomic mass is 16.4. The molecular weight excluding hydrogens is 374 g/mol. The van der Waals surface area contributed by atoms with Crippen molar-refractivity contribution in [2.45, 2.75) is 44.0 Å². The monoisotopic (exact) mass is 397 g/mol. The topological polar surface area (TPSA) is 199 Å². The van der Waals surface area contributed by atoms with Gasteiger partial charge in [0.1, 0.15) is 11.8 Å². The maximum absolute atomic E-state index is 12.2. The van der Waals surface area contributed by atoms with Gasteiger partial charge in [-0.05, 0) is 31.0 Å². The van der Waals surface area contributed by atoms with Crippen LogP contribution in [0.25, 0.3) is 0 Å². The van der Waals surface area contributed by atoms with Crippen LogP contribution in [0.3, 0.4) is 0 Å². The van der Waals surface area contributed by atoms with Crippen molar-refractivity contribution in [1.82, 2.24) is 10.6 Å². The summed E-state index contributed by atoms with van der Waals surface area (Å²) in [7, 11) is 0. The van der Waals surface area contributed by atoms with Crippen molar-refractivity contribution in [2.24, 2.45) is 5.73 Å². The van der Waals surface area contributed by atoms with E-state index in [4.69, 9.17) is 15.9 Å². The molecule has 4 atom stereocenters. The number of carboxylic acid groups (broad SMARTS) is 2. The molecule has 0 aliphatic carbocycles. The first kappa shape index (κ1) is 22.9. The molecule has 0 saturated carbocycles. The molecule has 154 valence electrons. The number of rotatable bonds is 10. The van der Waals surface area contributed by atoms with Crippen LogP contribution in [0.2, 0.25) is 0 Å². The Bertz CT molecular complexity index is 720. The first-order valence-corrected chi connectivity index (χ1v) is 8.28. The summed E-state index contributed by atoms with van der Waals surface area (Å²) in [4.78, 5) is 46.5. The quantitative estimate of drug-likeness (QED) is 0.237. The van der Waals surface area contributed by atoms with Crippen LogP contribution >= 0.6 is 0 Å². The summed E-state index contributed by atoms with van der Waals surface area (Å²) < 4.78 is 0. The number of aliphatic carboxylic acids is 2. The van der Waals surface area contributed by atoms with Crippen LogP contribution in [0.5, 0.6) is 5.75 Å². The molecule has 11 heteroatoms. The SMILES string of the molecule is CC(O)C(NC(=O)C(CC(=O)O)NC(=O)C(N)Cc1ccc(O)cc1)C(=O)O. The molecule has 0 fully saturated rings. The smallest absolute Gasteiger partial charge is 0.328 e. The second kappa shape index (κ2) is 10.2. The van der Waals surface area contributed by atoms with E-state index in [-0.39, 0.29) is 12.2 Å². The summed E-state index contributed by atoms with van der Waals surface area (Å²) >= 11 is 0. The van der Waals surface area contributed by atoms with Gasteiger partial charge in [-0.25, -0.2) is 4.79 Å². The van der Waals surface area contributed by atoms with Gasteiger partial charge in [0.05, 0.1) is 18.6 Å². The number of hydrogen-bond acceptors (Lipinski definition) is 7. The molecular formula is C17H23N3O8. The Labute approximate surface area is 160 Å². The van der Waals surface area contributed by atoms with E-state index in [2.05, 4.69) is 5.32 Å². The number of phenolic OH excluding ortho intramolecular Hbond substituents is 1. The summed E-state index contributed by atoms with van der Waals surface area (Å²) in [5.74, 6) is -4.80. The number of benzene rings is 1. The van der Waals surface area contributed by atoms with Gasteiger partial charge in [-0.3, -0.25) is 14.4 Å². The second-order valence-electron chi connectivity index (χ2n) is 6.20.